The SMILES string of the molecule is CN1CC(c2nc3nc(C(F)(F)F)ccc3[nH]2)=CC=C1c1ccc(C2CCC[C@H](CC(=O)O)CC2)cc1. The van der Waals surface area contributed by atoms with E-state index in [1.54, 1.807) is 0 Å². The second kappa shape index (κ2) is 10.0. The van der Waals surface area contributed by atoms with Gasteiger partial charge in [-0.15, -0.1) is 0 Å². The molecule has 0 spiro atoms. The van der Waals surface area contributed by atoms with Crippen LogP contribution in [0.1, 0.15) is 67.1 Å². The van der Waals surface area contributed by atoms with Gasteiger partial charge in [-0.25, -0.2) is 9.97 Å². The number of aliphatic carboxylic acids is 1. The van der Waals surface area contributed by atoms with Crippen molar-refractivity contribution in [3.8, 4) is 0 Å². The lowest BCUT2D eigenvalue weighted by Crippen LogP contribution is -2.22. The second-order valence-electron chi connectivity index (χ2n) is 10.0. The summed E-state index contributed by atoms with van der Waals surface area (Å²) in [5, 5.41) is 9.11. The van der Waals surface area contributed by atoms with Gasteiger partial charge in [-0.05, 0) is 66.9 Å². The number of rotatable bonds is 5. The van der Waals surface area contributed by atoms with Gasteiger partial charge in [0.15, 0.2) is 5.65 Å². The monoisotopic (exact) mass is 510 g/mol. The number of allylic oxidation sites excluding steroid dienone is 2. The molecule has 3 heterocycles. The van der Waals surface area contributed by atoms with E-state index in [1.165, 1.54) is 11.6 Å². The molecule has 0 radical (unpaired) electrons. The van der Waals surface area contributed by atoms with E-state index in [2.05, 4.69) is 44.1 Å². The van der Waals surface area contributed by atoms with Crippen LogP contribution in [0.4, 0.5) is 13.2 Å². The zero-order valence-corrected chi connectivity index (χ0v) is 20.6. The van der Waals surface area contributed by atoms with Crippen molar-refractivity contribution in [3.05, 3.63) is 71.2 Å². The van der Waals surface area contributed by atoms with Crippen LogP contribution >= 0.6 is 0 Å². The number of benzene rings is 1. The molecule has 1 unspecified atom stereocenters. The Hall–Kier alpha value is -3.62. The van der Waals surface area contributed by atoms with E-state index >= 15 is 0 Å². The number of H-pyrrole nitrogens is 1. The minimum atomic E-state index is -4.51. The molecular formula is C28H29F3N4O2. The van der Waals surface area contributed by atoms with Gasteiger partial charge in [-0.2, -0.15) is 13.2 Å². The number of carboxylic acids is 1. The molecule has 194 valence electrons. The number of carbonyl (C=O) groups is 1. The maximum atomic E-state index is 13.0. The summed E-state index contributed by atoms with van der Waals surface area (Å²) >= 11 is 0. The molecule has 1 aliphatic heterocycles. The number of pyridine rings is 1. The van der Waals surface area contributed by atoms with Gasteiger partial charge in [0.1, 0.15) is 11.5 Å². The molecule has 3 aromatic rings. The Bertz CT molecular complexity index is 1360. The molecule has 6 nitrogen and oxygen atoms in total. The van der Waals surface area contributed by atoms with E-state index in [-0.39, 0.29) is 18.0 Å². The van der Waals surface area contributed by atoms with Gasteiger partial charge in [-0.1, -0.05) is 36.8 Å². The summed E-state index contributed by atoms with van der Waals surface area (Å²) in [6.07, 6.45) is 4.79. The van der Waals surface area contributed by atoms with E-state index in [4.69, 9.17) is 5.11 Å². The fourth-order valence-corrected chi connectivity index (χ4v) is 5.46. The lowest BCUT2D eigenvalue weighted by atomic mass is 9.90. The number of hydrogen-bond acceptors (Lipinski definition) is 4. The normalized spacial score (nSPS) is 20.9. The standard InChI is InChI=1S/C28H29F3N4O2/c1-35-16-21(26-32-22-12-14-24(28(29,30)31)33-27(22)34-26)11-13-23(35)20-9-7-19(8-10-20)18-4-2-3-17(5-6-18)15-25(36)37/h7-14,17-18H,2-6,15-16H2,1H3,(H,36,37)(H,32,33,34)/t17-,18?/m0/s1. The summed E-state index contributed by atoms with van der Waals surface area (Å²) in [4.78, 5) is 24.2. The van der Waals surface area contributed by atoms with Gasteiger partial charge in [0.2, 0.25) is 0 Å². The molecule has 0 bridgehead atoms. The van der Waals surface area contributed by atoms with Crippen molar-refractivity contribution in [1.29, 1.82) is 0 Å². The highest BCUT2D eigenvalue weighted by Gasteiger charge is 2.33. The third-order valence-corrected chi connectivity index (χ3v) is 7.43. The highest BCUT2D eigenvalue weighted by Crippen LogP contribution is 2.36. The van der Waals surface area contributed by atoms with Crippen LogP contribution in [0, 0.1) is 5.92 Å². The summed E-state index contributed by atoms with van der Waals surface area (Å²) in [5.74, 6) is 0.534. The van der Waals surface area contributed by atoms with Gasteiger partial charge < -0.3 is 15.0 Å². The number of hydrogen-bond donors (Lipinski definition) is 2. The highest BCUT2D eigenvalue weighted by molar-refractivity contribution is 5.80. The molecule has 2 aliphatic rings. The van der Waals surface area contributed by atoms with Crippen LogP contribution < -0.4 is 0 Å². The fourth-order valence-electron chi connectivity index (χ4n) is 5.46. The molecule has 37 heavy (non-hydrogen) atoms. The van der Waals surface area contributed by atoms with Gasteiger partial charge >= 0.3 is 12.1 Å². The summed E-state index contributed by atoms with van der Waals surface area (Å²) in [7, 11) is 1.98. The van der Waals surface area contributed by atoms with Gasteiger partial charge in [0.25, 0.3) is 0 Å². The zero-order valence-electron chi connectivity index (χ0n) is 20.6. The van der Waals surface area contributed by atoms with Crippen molar-refractivity contribution in [1.82, 2.24) is 19.9 Å². The molecule has 1 aliphatic carbocycles. The van der Waals surface area contributed by atoms with E-state index in [0.717, 1.165) is 55.0 Å². The van der Waals surface area contributed by atoms with Crippen molar-refractivity contribution in [3.63, 3.8) is 0 Å². The number of aromatic amines is 1. The topological polar surface area (TPSA) is 82.1 Å². The number of imidazole rings is 1. The molecule has 9 heteroatoms. The molecule has 2 aromatic heterocycles. The van der Waals surface area contributed by atoms with E-state index in [9.17, 15) is 18.0 Å². The first-order valence-electron chi connectivity index (χ1n) is 12.6. The largest absolute Gasteiger partial charge is 0.481 e. The lowest BCUT2D eigenvalue weighted by molar-refractivity contribution is -0.141. The Kier molecular flexibility index (Phi) is 6.79. The number of aromatic nitrogens is 3. The Morgan fingerprint density at radius 2 is 1.84 bits per heavy atom. The number of likely N-dealkylation sites (N-methyl/N-ethyl adjacent to an activating group) is 1. The summed E-state index contributed by atoms with van der Waals surface area (Å²) < 4.78 is 39.0. The quantitative estimate of drug-likeness (QED) is 0.384. The predicted molar refractivity (Wildman–Crippen MR) is 135 cm³/mol. The zero-order chi connectivity index (χ0) is 26.2. The van der Waals surface area contributed by atoms with Crippen LogP contribution in [0.3, 0.4) is 0 Å². The smallest absolute Gasteiger partial charge is 0.433 e. The van der Waals surface area contributed by atoms with Crippen LogP contribution in [-0.2, 0) is 11.0 Å². The highest BCUT2D eigenvalue weighted by atomic mass is 19.4. The van der Waals surface area contributed by atoms with E-state index < -0.39 is 17.8 Å². The van der Waals surface area contributed by atoms with Gasteiger partial charge in [0, 0.05) is 31.3 Å². The Labute approximate surface area is 212 Å². The molecule has 2 N–H and O–H groups in total. The number of halogens is 3. The first-order valence-corrected chi connectivity index (χ1v) is 12.6. The average Bonchev–Trinajstić information content (AvgIpc) is 3.15. The molecule has 0 saturated heterocycles. The van der Waals surface area contributed by atoms with Crippen LogP contribution in [0.5, 0.6) is 0 Å². The average molecular weight is 511 g/mol. The number of nitrogens with one attached hydrogen (secondary N) is 1. The maximum Gasteiger partial charge on any atom is 0.433 e. The van der Waals surface area contributed by atoms with E-state index in [1.807, 2.05) is 19.2 Å². The maximum absolute atomic E-state index is 13.0. The number of fused-ring (bicyclic) bond motifs is 1. The number of carboxylic acid groups (broad SMARTS) is 1. The number of nitrogens with zero attached hydrogens (tertiary/aromatic N) is 3. The van der Waals surface area contributed by atoms with Crippen molar-refractivity contribution in [2.45, 2.75) is 50.6 Å². The predicted octanol–water partition coefficient (Wildman–Crippen LogP) is 6.49. The van der Waals surface area contributed by atoms with Crippen molar-refractivity contribution < 1.29 is 23.1 Å². The molecule has 2 atom stereocenters. The fraction of sp³-hybridized carbons (Fsp3) is 0.393. The third kappa shape index (κ3) is 5.55. The molecule has 1 fully saturated rings. The van der Waals surface area contributed by atoms with Crippen LogP contribution in [0.15, 0.2) is 48.6 Å². The number of alkyl halides is 3. The van der Waals surface area contributed by atoms with Crippen LogP contribution in [0.2, 0.25) is 0 Å². The molecular weight excluding hydrogens is 481 g/mol. The summed E-state index contributed by atoms with van der Waals surface area (Å²) in [6, 6.07) is 10.9. The molecule has 1 saturated carbocycles. The third-order valence-electron chi connectivity index (χ3n) is 7.43. The van der Waals surface area contributed by atoms with Gasteiger partial charge in [0.05, 0.1) is 5.52 Å². The van der Waals surface area contributed by atoms with Crippen LogP contribution in [-0.4, -0.2) is 44.5 Å². The second-order valence-corrected chi connectivity index (χ2v) is 10.0. The van der Waals surface area contributed by atoms with E-state index in [0.29, 0.717) is 23.8 Å². The Morgan fingerprint density at radius 1 is 1.05 bits per heavy atom. The Balaban J connectivity index is 1.31. The van der Waals surface area contributed by atoms with Crippen molar-refractivity contribution >= 4 is 28.4 Å². The lowest BCUT2D eigenvalue weighted by Gasteiger charge is -2.27. The minimum Gasteiger partial charge on any atom is -0.481 e. The van der Waals surface area contributed by atoms with Crippen molar-refractivity contribution in [2.75, 3.05) is 13.6 Å². The Morgan fingerprint density at radius 3 is 2.54 bits per heavy atom. The minimum absolute atomic E-state index is 0.0477. The summed E-state index contributed by atoms with van der Waals surface area (Å²) in [5.41, 5.74) is 3.84. The molecule has 0 amide bonds. The van der Waals surface area contributed by atoms with Gasteiger partial charge in [-0.3, -0.25) is 4.79 Å². The van der Waals surface area contributed by atoms with Crippen molar-refractivity contribution in [2.24, 2.45) is 5.92 Å². The van der Waals surface area contributed by atoms with Crippen LogP contribution in [0.25, 0.3) is 22.4 Å². The molecule has 1 aromatic carbocycles. The summed E-state index contributed by atoms with van der Waals surface area (Å²) in [6.45, 7) is 0.549. The molecule has 5 rings (SSSR count). The first-order chi connectivity index (χ1) is 17.7. The first kappa shape index (κ1) is 25.0.